The number of nitrogens with one attached hydrogen (secondary N) is 1. The molecule has 2 aliphatic carbocycles. The van der Waals surface area contributed by atoms with E-state index >= 15 is 0 Å². The minimum atomic E-state index is 0.321. The van der Waals surface area contributed by atoms with E-state index in [1.54, 1.807) is 12.3 Å². The van der Waals surface area contributed by atoms with Crippen LogP contribution in [0.1, 0.15) is 63.5 Å². The first kappa shape index (κ1) is 19.4. The van der Waals surface area contributed by atoms with E-state index in [0.29, 0.717) is 17.4 Å². The second-order valence-electron chi connectivity index (χ2n) is 9.16. The van der Waals surface area contributed by atoms with E-state index in [2.05, 4.69) is 37.2 Å². The molecular formula is C23H29BrN4O. The molecule has 3 heterocycles. The Morgan fingerprint density at radius 1 is 1.10 bits per heavy atom. The number of pyridine rings is 1. The Labute approximate surface area is 181 Å². The highest BCUT2D eigenvalue weighted by atomic mass is 79.9. The van der Waals surface area contributed by atoms with Crippen molar-refractivity contribution in [1.29, 1.82) is 5.26 Å². The average molecular weight is 457 g/mol. The van der Waals surface area contributed by atoms with Gasteiger partial charge in [0.2, 0.25) is 5.76 Å². The van der Waals surface area contributed by atoms with Crippen LogP contribution in [0.3, 0.4) is 0 Å². The maximum atomic E-state index is 9.06. The molecule has 1 N–H and O–H groups in total. The summed E-state index contributed by atoms with van der Waals surface area (Å²) in [6.07, 6.45) is 13.9. The molecule has 5 nitrogen and oxygen atoms in total. The fraction of sp³-hybridized carbons (Fsp3) is 0.652. The van der Waals surface area contributed by atoms with Gasteiger partial charge in [-0.3, -0.25) is 0 Å². The summed E-state index contributed by atoms with van der Waals surface area (Å²) in [4.78, 5) is 7.35. The topological polar surface area (TPSA) is 65.1 Å². The second kappa shape index (κ2) is 8.28. The van der Waals surface area contributed by atoms with Crippen LogP contribution in [0.2, 0.25) is 0 Å². The van der Waals surface area contributed by atoms with Gasteiger partial charge in [-0.2, -0.15) is 5.26 Å². The SMILES string of the molecule is N#Cc1cc2c(Br)c(NC3CCC(N4CCC5CCCCC5C4)CC3)ncc2o1. The summed E-state index contributed by atoms with van der Waals surface area (Å²) in [7, 11) is 0. The summed E-state index contributed by atoms with van der Waals surface area (Å²) in [6.45, 7) is 2.66. The molecule has 0 radical (unpaired) electrons. The van der Waals surface area contributed by atoms with Gasteiger partial charge in [-0.05, 0) is 72.8 Å². The molecule has 6 heteroatoms. The second-order valence-corrected chi connectivity index (χ2v) is 9.95. The van der Waals surface area contributed by atoms with Crippen molar-refractivity contribution in [2.24, 2.45) is 11.8 Å². The molecule has 1 aliphatic heterocycles. The Hall–Kier alpha value is -1.58. The van der Waals surface area contributed by atoms with Gasteiger partial charge in [0.15, 0.2) is 5.58 Å². The van der Waals surface area contributed by atoms with Crippen LogP contribution in [-0.2, 0) is 0 Å². The first-order valence-corrected chi connectivity index (χ1v) is 12.0. The number of furan rings is 1. The maximum Gasteiger partial charge on any atom is 0.204 e. The van der Waals surface area contributed by atoms with Crippen LogP contribution in [0.5, 0.6) is 0 Å². The number of hydrogen-bond donors (Lipinski definition) is 1. The summed E-state index contributed by atoms with van der Waals surface area (Å²) < 4.78 is 6.37. The third-order valence-corrected chi connectivity index (χ3v) is 8.31. The number of anilines is 1. The van der Waals surface area contributed by atoms with Gasteiger partial charge in [0.25, 0.3) is 0 Å². The Bertz CT molecular complexity index is 911. The molecule has 2 aromatic rings. The van der Waals surface area contributed by atoms with Gasteiger partial charge in [-0.25, -0.2) is 4.98 Å². The van der Waals surface area contributed by atoms with E-state index in [-0.39, 0.29) is 0 Å². The molecule has 0 spiro atoms. The third kappa shape index (κ3) is 3.92. The van der Waals surface area contributed by atoms with Crippen LogP contribution in [0.4, 0.5) is 5.82 Å². The molecule has 0 amide bonds. The largest absolute Gasteiger partial charge is 0.444 e. The lowest BCUT2D eigenvalue weighted by molar-refractivity contribution is 0.0430. The van der Waals surface area contributed by atoms with Crippen LogP contribution in [0.15, 0.2) is 21.2 Å². The number of nitrogens with zero attached hydrogens (tertiary/aromatic N) is 3. The van der Waals surface area contributed by atoms with Crippen LogP contribution in [-0.4, -0.2) is 35.1 Å². The Morgan fingerprint density at radius 2 is 1.90 bits per heavy atom. The molecule has 3 aliphatic rings. The van der Waals surface area contributed by atoms with E-state index in [0.717, 1.165) is 33.6 Å². The van der Waals surface area contributed by atoms with Crippen molar-refractivity contribution in [2.75, 3.05) is 18.4 Å². The van der Waals surface area contributed by atoms with Gasteiger partial charge in [0, 0.05) is 30.1 Å². The smallest absolute Gasteiger partial charge is 0.204 e. The highest BCUT2D eigenvalue weighted by Gasteiger charge is 2.35. The Kier molecular flexibility index (Phi) is 5.53. The number of aromatic nitrogens is 1. The van der Waals surface area contributed by atoms with Crippen molar-refractivity contribution in [1.82, 2.24) is 9.88 Å². The van der Waals surface area contributed by atoms with Gasteiger partial charge < -0.3 is 14.6 Å². The molecule has 2 saturated carbocycles. The summed E-state index contributed by atoms with van der Waals surface area (Å²) in [5.41, 5.74) is 0.647. The molecular weight excluding hydrogens is 428 g/mol. The van der Waals surface area contributed by atoms with Crippen LogP contribution in [0.25, 0.3) is 11.0 Å². The quantitative estimate of drug-likeness (QED) is 0.641. The van der Waals surface area contributed by atoms with Crippen molar-refractivity contribution in [3.05, 3.63) is 22.5 Å². The molecule has 29 heavy (non-hydrogen) atoms. The number of rotatable bonds is 3. The van der Waals surface area contributed by atoms with Crippen molar-refractivity contribution in [2.45, 2.75) is 69.9 Å². The number of fused-ring (bicyclic) bond motifs is 2. The minimum absolute atomic E-state index is 0.321. The molecule has 3 fully saturated rings. The van der Waals surface area contributed by atoms with E-state index in [1.165, 1.54) is 70.9 Å². The molecule has 5 rings (SSSR count). The van der Waals surface area contributed by atoms with Crippen molar-refractivity contribution < 1.29 is 4.42 Å². The average Bonchev–Trinajstić information content (AvgIpc) is 3.20. The van der Waals surface area contributed by atoms with Gasteiger partial charge in [0.05, 0.1) is 10.7 Å². The zero-order valence-corrected chi connectivity index (χ0v) is 18.5. The van der Waals surface area contributed by atoms with Crippen molar-refractivity contribution in [3.63, 3.8) is 0 Å². The number of hydrogen-bond acceptors (Lipinski definition) is 5. The zero-order valence-electron chi connectivity index (χ0n) is 16.9. The first-order chi connectivity index (χ1) is 14.2. The number of halogens is 1. The van der Waals surface area contributed by atoms with Gasteiger partial charge in [-0.15, -0.1) is 0 Å². The fourth-order valence-electron chi connectivity index (χ4n) is 5.87. The Morgan fingerprint density at radius 3 is 2.69 bits per heavy atom. The molecule has 154 valence electrons. The van der Waals surface area contributed by atoms with Crippen molar-refractivity contribution >= 4 is 32.7 Å². The first-order valence-electron chi connectivity index (χ1n) is 11.2. The summed E-state index contributed by atoms with van der Waals surface area (Å²) in [5.74, 6) is 3.16. The predicted molar refractivity (Wildman–Crippen MR) is 118 cm³/mol. The van der Waals surface area contributed by atoms with Gasteiger partial charge in [-0.1, -0.05) is 19.3 Å². The van der Waals surface area contributed by atoms with Crippen LogP contribution < -0.4 is 5.32 Å². The monoisotopic (exact) mass is 456 g/mol. The summed E-state index contributed by atoms with van der Waals surface area (Å²) in [6, 6.07) is 5.06. The fourth-order valence-corrected chi connectivity index (χ4v) is 6.40. The highest BCUT2D eigenvalue weighted by Crippen LogP contribution is 2.39. The van der Waals surface area contributed by atoms with Crippen molar-refractivity contribution in [3.8, 4) is 6.07 Å². The third-order valence-electron chi connectivity index (χ3n) is 7.50. The van der Waals surface area contributed by atoms with Crippen LogP contribution >= 0.6 is 15.9 Å². The minimum Gasteiger partial charge on any atom is -0.444 e. The maximum absolute atomic E-state index is 9.06. The molecule has 0 aromatic carbocycles. The predicted octanol–water partition coefficient (Wildman–Crippen LogP) is 5.70. The summed E-state index contributed by atoms with van der Waals surface area (Å²) in [5, 5.41) is 13.6. The highest BCUT2D eigenvalue weighted by molar-refractivity contribution is 9.10. The molecule has 2 aromatic heterocycles. The number of piperidine rings is 1. The Balaban J connectivity index is 1.19. The lowest BCUT2D eigenvalue weighted by atomic mass is 9.74. The lowest BCUT2D eigenvalue weighted by Crippen LogP contribution is -2.48. The van der Waals surface area contributed by atoms with E-state index < -0.39 is 0 Å². The lowest BCUT2D eigenvalue weighted by Gasteiger charge is -2.46. The van der Waals surface area contributed by atoms with E-state index in [9.17, 15) is 0 Å². The van der Waals surface area contributed by atoms with Gasteiger partial charge in [0.1, 0.15) is 11.9 Å². The molecule has 2 unspecified atom stereocenters. The molecule has 2 atom stereocenters. The molecule has 0 bridgehead atoms. The zero-order chi connectivity index (χ0) is 19.8. The normalized spacial score (nSPS) is 30.6. The van der Waals surface area contributed by atoms with Crippen LogP contribution in [0, 0.1) is 23.2 Å². The van der Waals surface area contributed by atoms with E-state index in [4.69, 9.17) is 9.68 Å². The number of likely N-dealkylation sites (tertiary alicyclic amines) is 1. The molecule has 1 saturated heterocycles. The van der Waals surface area contributed by atoms with E-state index in [1.807, 2.05) is 0 Å². The standard InChI is InChI=1S/C23H29BrN4O/c24-22-20-11-19(12-25)29-21(20)13-26-23(22)27-17-5-7-18(8-6-17)28-10-9-15-3-1-2-4-16(15)14-28/h11,13,15-18H,1-10,14H2,(H,26,27). The summed E-state index contributed by atoms with van der Waals surface area (Å²) >= 11 is 3.66. The number of nitriles is 1. The van der Waals surface area contributed by atoms with Gasteiger partial charge >= 0.3 is 0 Å².